The van der Waals surface area contributed by atoms with Gasteiger partial charge in [-0.1, -0.05) is 74.8 Å². The van der Waals surface area contributed by atoms with Gasteiger partial charge in [-0.2, -0.15) is 0 Å². The topological polar surface area (TPSA) is 49.4 Å². The molecule has 4 nitrogen and oxygen atoms in total. The molecule has 1 aliphatic heterocycles. The predicted molar refractivity (Wildman–Crippen MR) is 128 cm³/mol. The number of fused-ring (bicyclic) bond motifs is 1. The van der Waals surface area contributed by atoms with Crippen molar-refractivity contribution in [1.29, 1.82) is 0 Å². The van der Waals surface area contributed by atoms with E-state index in [-0.39, 0.29) is 24.4 Å². The number of anilines is 1. The Hall–Kier alpha value is -2.53. The maximum Gasteiger partial charge on any atom is 0.265 e. The summed E-state index contributed by atoms with van der Waals surface area (Å²) >= 11 is 1.47. The Bertz CT molecular complexity index is 1020. The van der Waals surface area contributed by atoms with Gasteiger partial charge in [-0.05, 0) is 54.5 Å². The second-order valence-electron chi connectivity index (χ2n) is 8.77. The molecule has 0 unspecified atom stereocenters. The highest BCUT2D eigenvalue weighted by Gasteiger charge is 2.32. The highest BCUT2D eigenvalue weighted by Crippen LogP contribution is 2.42. The Morgan fingerprint density at radius 3 is 2.68 bits per heavy atom. The van der Waals surface area contributed by atoms with Crippen molar-refractivity contribution in [3.8, 4) is 0 Å². The normalized spacial score (nSPS) is 24.7. The third-order valence-electron chi connectivity index (χ3n) is 6.66. The van der Waals surface area contributed by atoms with E-state index < -0.39 is 0 Å². The molecule has 0 bridgehead atoms. The second-order valence-corrected chi connectivity index (χ2v) is 9.85. The van der Waals surface area contributed by atoms with Crippen molar-refractivity contribution in [2.45, 2.75) is 51.0 Å². The zero-order chi connectivity index (χ0) is 22.0. The summed E-state index contributed by atoms with van der Waals surface area (Å²) in [5.74, 6) is 0.856. The number of hydrogen-bond donors (Lipinski definition) is 1. The van der Waals surface area contributed by atoms with Gasteiger partial charge >= 0.3 is 0 Å². The number of hydrogen-bond acceptors (Lipinski definition) is 3. The fourth-order valence-corrected chi connectivity index (χ4v) is 5.54. The minimum absolute atomic E-state index is 0.0408. The van der Waals surface area contributed by atoms with Crippen LogP contribution in [0.25, 0.3) is 6.08 Å². The van der Waals surface area contributed by atoms with E-state index >= 15 is 0 Å². The lowest BCUT2D eigenvalue weighted by molar-refractivity contribution is -0.123. The monoisotopic (exact) mass is 434 g/mol. The molecule has 1 N–H and O–H groups in total. The number of para-hydroxylation sites is 1. The number of benzene rings is 2. The van der Waals surface area contributed by atoms with Crippen LogP contribution in [-0.4, -0.2) is 24.4 Å². The van der Waals surface area contributed by atoms with Gasteiger partial charge < -0.3 is 5.32 Å². The van der Waals surface area contributed by atoms with Crippen molar-refractivity contribution in [2.75, 3.05) is 11.4 Å². The zero-order valence-electron chi connectivity index (χ0n) is 18.4. The van der Waals surface area contributed by atoms with Crippen LogP contribution in [0.1, 0.15) is 44.2 Å². The minimum Gasteiger partial charge on any atom is -0.352 e. The molecule has 162 valence electrons. The van der Waals surface area contributed by atoms with E-state index in [1.807, 2.05) is 61.5 Å². The van der Waals surface area contributed by atoms with Gasteiger partial charge in [0.05, 0.1) is 10.6 Å². The molecule has 0 spiro atoms. The SMILES string of the molecule is Cc1ccccc1/C=C1\Sc2ccccc2N(CC(=O)N[C@@H]2CCC[C@@H](C)[C@H]2C)C1=O. The second kappa shape index (κ2) is 9.31. The fourth-order valence-electron chi connectivity index (χ4n) is 4.49. The quantitative estimate of drug-likeness (QED) is 0.654. The maximum atomic E-state index is 13.4. The van der Waals surface area contributed by atoms with Crippen molar-refractivity contribution in [1.82, 2.24) is 5.32 Å². The number of aryl methyl sites for hydroxylation is 1. The molecule has 2 aliphatic rings. The van der Waals surface area contributed by atoms with Gasteiger partial charge in [0.25, 0.3) is 5.91 Å². The molecule has 2 amide bonds. The van der Waals surface area contributed by atoms with Gasteiger partial charge in [0.2, 0.25) is 5.91 Å². The van der Waals surface area contributed by atoms with Crippen LogP contribution >= 0.6 is 11.8 Å². The zero-order valence-corrected chi connectivity index (χ0v) is 19.2. The lowest BCUT2D eigenvalue weighted by atomic mass is 9.78. The molecular weight excluding hydrogens is 404 g/mol. The number of carbonyl (C=O) groups excluding carboxylic acids is 2. The molecule has 1 heterocycles. The van der Waals surface area contributed by atoms with Crippen LogP contribution in [0, 0.1) is 18.8 Å². The molecule has 1 aliphatic carbocycles. The lowest BCUT2D eigenvalue weighted by Gasteiger charge is -2.35. The number of nitrogens with zero attached hydrogens (tertiary/aromatic N) is 1. The standard InChI is InChI=1S/C26H30N2O2S/c1-17-10-8-12-21(19(17)3)27-25(29)16-28-22-13-6-7-14-23(22)31-24(26(28)30)15-20-11-5-4-9-18(20)2/h4-7,9,11,13-15,17,19,21H,8,10,12,16H2,1-3H3,(H,27,29)/b24-15-/t17-,19-,21-/m1/s1. The summed E-state index contributed by atoms with van der Waals surface area (Å²) in [6.07, 6.45) is 5.31. The third kappa shape index (κ3) is 4.72. The number of amides is 2. The molecule has 1 fully saturated rings. The van der Waals surface area contributed by atoms with Gasteiger partial charge in [-0.15, -0.1) is 0 Å². The molecule has 1 saturated carbocycles. The van der Waals surface area contributed by atoms with Crippen molar-refractivity contribution >= 4 is 35.3 Å². The molecule has 0 aromatic heterocycles. The first-order valence-electron chi connectivity index (χ1n) is 11.1. The first-order valence-corrected chi connectivity index (χ1v) is 11.9. The van der Waals surface area contributed by atoms with E-state index in [4.69, 9.17) is 0 Å². The summed E-state index contributed by atoms with van der Waals surface area (Å²) in [6, 6.07) is 16.0. The van der Waals surface area contributed by atoms with E-state index in [1.165, 1.54) is 18.2 Å². The van der Waals surface area contributed by atoms with Crippen LogP contribution in [0.3, 0.4) is 0 Å². The summed E-state index contributed by atoms with van der Waals surface area (Å²) in [5.41, 5.74) is 2.94. The van der Waals surface area contributed by atoms with Gasteiger partial charge in [-0.3, -0.25) is 14.5 Å². The molecule has 5 heteroatoms. The Morgan fingerprint density at radius 1 is 1.13 bits per heavy atom. The van der Waals surface area contributed by atoms with E-state index in [1.54, 1.807) is 4.90 Å². The Balaban J connectivity index is 1.58. The number of nitrogens with one attached hydrogen (secondary N) is 1. The van der Waals surface area contributed by atoms with Gasteiger partial charge in [0.1, 0.15) is 6.54 Å². The summed E-state index contributed by atoms with van der Waals surface area (Å²) in [4.78, 5) is 29.6. The first-order chi connectivity index (χ1) is 14.9. The highest BCUT2D eigenvalue weighted by molar-refractivity contribution is 8.04. The van der Waals surface area contributed by atoms with Crippen LogP contribution in [0.4, 0.5) is 5.69 Å². The van der Waals surface area contributed by atoms with Crippen LogP contribution in [-0.2, 0) is 9.59 Å². The third-order valence-corrected chi connectivity index (χ3v) is 7.74. The molecule has 3 atom stereocenters. The van der Waals surface area contributed by atoms with Crippen molar-refractivity contribution in [2.24, 2.45) is 11.8 Å². The number of rotatable bonds is 4. The van der Waals surface area contributed by atoms with Crippen LogP contribution in [0.2, 0.25) is 0 Å². The predicted octanol–water partition coefficient (Wildman–Crippen LogP) is 5.42. The van der Waals surface area contributed by atoms with Crippen molar-refractivity contribution in [3.05, 3.63) is 64.6 Å². The summed E-state index contributed by atoms with van der Waals surface area (Å²) in [6.45, 7) is 6.55. The molecule has 2 aromatic rings. The average Bonchev–Trinajstić information content (AvgIpc) is 2.76. The molecular formula is C26H30N2O2S. The number of carbonyl (C=O) groups is 2. The smallest absolute Gasteiger partial charge is 0.265 e. The molecule has 31 heavy (non-hydrogen) atoms. The Morgan fingerprint density at radius 2 is 1.87 bits per heavy atom. The van der Waals surface area contributed by atoms with Crippen molar-refractivity contribution in [3.63, 3.8) is 0 Å². The summed E-state index contributed by atoms with van der Waals surface area (Å²) < 4.78 is 0. The highest BCUT2D eigenvalue weighted by atomic mass is 32.2. The fraction of sp³-hybridized carbons (Fsp3) is 0.385. The largest absolute Gasteiger partial charge is 0.352 e. The average molecular weight is 435 g/mol. The molecule has 2 aromatic carbocycles. The van der Waals surface area contributed by atoms with E-state index in [2.05, 4.69) is 19.2 Å². The lowest BCUT2D eigenvalue weighted by Crippen LogP contribution is -2.49. The number of thioether (sulfide) groups is 1. The molecule has 0 radical (unpaired) electrons. The van der Waals surface area contributed by atoms with Gasteiger partial charge in [-0.25, -0.2) is 0 Å². The van der Waals surface area contributed by atoms with Crippen LogP contribution < -0.4 is 10.2 Å². The van der Waals surface area contributed by atoms with Gasteiger partial charge in [0.15, 0.2) is 0 Å². The van der Waals surface area contributed by atoms with E-state index in [0.29, 0.717) is 16.7 Å². The van der Waals surface area contributed by atoms with Crippen LogP contribution in [0.15, 0.2) is 58.3 Å². The van der Waals surface area contributed by atoms with E-state index in [0.717, 1.165) is 34.6 Å². The first kappa shape index (κ1) is 21.7. The molecule has 0 saturated heterocycles. The Kier molecular flexibility index (Phi) is 6.51. The van der Waals surface area contributed by atoms with Gasteiger partial charge in [0, 0.05) is 10.9 Å². The van der Waals surface area contributed by atoms with Crippen LogP contribution in [0.5, 0.6) is 0 Å². The maximum absolute atomic E-state index is 13.4. The molecule has 4 rings (SSSR count). The van der Waals surface area contributed by atoms with Crippen molar-refractivity contribution < 1.29 is 9.59 Å². The minimum atomic E-state index is -0.118. The van der Waals surface area contributed by atoms with E-state index in [9.17, 15) is 9.59 Å². The summed E-state index contributed by atoms with van der Waals surface area (Å²) in [5, 5.41) is 3.21. The Labute approximate surface area is 189 Å². The summed E-state index contributed by atoms with van der Waals surface area (Å²) in [7, 11) is 0.